The molecular formula is C11H19N3O3. The lowest BCUT2D eigenvalue weighted by Gasteiger charge is -2.08. The molecule has 1 unspecified atom stereocenters. The Kier molecular flexibility index (Phi) is 4.09. The highest BCUT2D eigenvalue weighted by Gasteiger charge is 2.29. The first kappa shape index (κ1) is 12.5. The summed E-state index contributed by atoms with van der Waals surface area (Å²) in [6.45, 7) is 2.66. The summed E-state index contributed by atoms with van der Waals surface area (Å²) in [6.07, 6.45) is 2.06. The van der Waals surface area contributed by atoms with Crippen molar-refractivity contribution in [2.75, 3.05) is 13.7 Å². The third-order valence-corrected chi connectivity index (χ3v) is 2.99. The molecule has 2 N–H and O–H groups in total. The number of ether oxygens (including phenoxy) is 1. The van der Waals surface area contributed by atoms with E-state index in [-0.39, 0.29) is 18.2 Å². The van der Waals surface area contributed by atoms with E-state index in [9.17, 15) is 5.11 Å². The van der Waals surface area contributed by atoms with Crippen LogP contribution in [0.25, 0.3) is 0 Å². The van der Waals surface area contributed by atoms with Crippen LogP contribution in [0.15, 0.2) is 4.52 Å². The number of aliphatic hydroxyl groups is 1. The van der Waals surface area contributed by atoms with E-state index in [4.69, 9.17) is 9.26 Å². The summed E-state index contributed by atoms with van der Waals surface area (Å²) < 4.78 is 10.5. The zero-order valence-corrected chi connectivity index (χ0v) is 10.2. The number of aromatic nitrogens is 2. The van der Waals surface area contributed by atoms with Crippen molar-refractivity contribution in [3.05, 3.63) is 11.7 Å². The maximum Gasteiger partial charge on any atom is 0.243 e. The predicted molar refractivity (Wildman–Crippen MR) is 60.3 cm³/mol. The second-order valence-electron chi connectivity index (χ2n) is 4.35. The number of aliphatic hydroxyl groups excluding tert-OH is 1. The Hall–Kier alpha value is -0.980. The zero-order chi connectivity index (χ0) is 12.3. The van der Waals surface area contributed by atoms with E-state index in [2.05, 4.69) is 22.4 Å². The van der Waals surface area contributed by atoms with Gasteiger partial charge in [0.1, 0.15) is 6.10 Å². The number of hydrogen-bond acceptors (Lipinski definition) is 6. The molecule has 6 nitrogen and oxygen atoms in total. The highest BCUT2D eigenvalue weighted by Crippen LogP contribution is 2.25. The Balaban J connectivity index is 2.04. The average Bonchev–Trinajstić information content (AvgIpc) is 2.94. The lowest BCUT2D eigenvalue weighted by atomic mass is 10.2. The number of hydrogen-bond donors (Lipinski definition) is 2. The van der Waals surface area contributed by atoms with Gasteiger partial charge in [0.2, 0.25) is 11.7 Å². The molecule has 96 valence electrons. The third kappa shape index (κ3) is 2.83. The Morgan fingerprint density at radius 3 is 3.06 bits per heavy atom. The van der Waals surface area contributed by atoms with E-state index in [0.717, 1.165) is 12.8 Å². The SMILES string of the molecule is CCCC(OC)c1noc([C@@H]2C[C@@H](O)CN2)n1. The van der Waals surface area contributed by atoms with Crippen LogP contribution in [0.2, 0.25) is 0 Å². The molecule has 2 heterocycles. The molecule has 3 atom stereocenters. The summed E-state index contributed by atoms with van der Waals surface area (Å²) in [5.74, 6) is 1.13. The zero-order valence-electron chi connectivity index (χ0n) is 10.2. The minimum Gasteiger partial charge on any atom is -0.392 e. The largest absolute Gasteiger partial charge is 0.392 e. The molecule has 0 spiro atoms. The Morgan fingerprint density at radius 1 is 1.65 bits per heavy atom. The van der Waals surface area contributed by atoms with Gasteiger partial charge in [-0.2, -0.15) is 4.98 Å². The van der Waals surface area contributed by atoms with Gasteiger partial charge in [0.05, 0.1) is 12.1 Å². The van der Waals surface area contributed by atoms with Crippen LogP contribution in [-0.4, -0.2) is 35.0 Å². The first-order valence-electron chi connectivity index (χ1n) is 6.02. The molecule has 0 aromatic carbocycles. The monoisotopic (exact) mass is 241 g/mol. The molecule has 1 aliphatic heterocycles. The molecule has 0 saturated carbocycles. The summed E-state index contributed by atoms with van der Waals surface area (Å²) in [4.78, 5) is 4.34. The number of rotatable bonds is 5. The summed E-state index contributed by atoms with van der Waals surface area (Å²) in [5.41, 5.74) is 0. The molecule has 0 bridgehead atoms. The van der Waals surface area contributed by atoms with Crippen molar-refractivity contribution in [2.24, 2.45) is 0 Å². The Bertz CT molecular complexity index is 337. The fourth-order valence-corrected chi connectivity index (χ4v) is 2.04. The highest BCUT2D eigenvalue weighted by molar-refractivity contribution is 4.99. The molecule has 0 aliphatic carbocycles. The van der Waals surface area contributed by atoms with E-state index in [0.29, 0.717) is 24.7 Å². The van der Waals surface area contributed by atoms with Gasteiger partial charge in [-0.25, -0.2) is 0 Å². The highest BCUT2D eigenvalue weighted by atomic mass is 16.5. The lowest BCUT2D eigenvalue weighted by molar-refractivity contribution is 0.0854. The van der Waals surface area contributed by atoms with Crippen LogP contribution in [0.5, 0.6) is 0 Å². The number of β-amino-alcohol motifs (C(OH)–C–C–N with tert-alkyl or cyclic N) is 1. The molecule has 6 heteroatoms. The molecule has 17 heavy (non-hydrogen) atoms. The van der Waals surface area contributed by atoms with Crippen molar-refractivity contribution in [1.29, 1.82) is 0 Å². The van der Waals surface area contributed by atoms with Crippen LogP contribution in [0, 0.1) is 0 Å². The minimum atomic E-state index is -0.329. The van der Waals surface area contributed by atoms with Crippen LogP contribution in [0.1, 0.15) is 50.0 Å². The van der Waals surface area contributed by atoms with Gasteiger partial charge in [0.15, 0.2) is 0 Å². The van der Waals surface area contributed by atoms with Gasteiger partial charge >= 0.3 is 0 Å². The number of methoxy groups -OCH3 is 1. The molecular weight excluding hydrogens is 222 g/mol. The maximum atomic E-state index is 9.43. The fourth-order valence-electron chi connectivity index (χ4n) is 2.04. The van der Waals surface area contributed by atoms with Gasteiger partial charge in [0, 0.05) is 13.7 Å². The normalized spacial score (nSPS) is 26.3. The quantitative estimate of drug-likeness (QED) is 0.799. The van der Waals surface area contributed by atoms with Crippen molar-refractivity contribution >= 4 is 0 Å². The van der Waals surface area contributed by atoms with Gasteiger partial charge < -0.3 is 19.7 Å². The predicted octanol–water partition coefficient (Wildman–Crippen LogP) is 0.952. The summed E-state index contributed by atoms with van der Waals surface area (Å²) in [6, 6.07) is -0.0367. The van der Waals surface area contributed by atoms with Crippen molar-refractivity contribution in [3.8, 4) is 0 Å². The molecule has 1 aromatic rings. The fraction of sp³-hybridized carbons (Fsp3) is 0.818. The average molecular weight is 241 g/mol. The minimum absolute atomic E-state index is 0.0367. The smallest absolute Gasteiger partial charge is 0.243 e. The Morgan fingerprint density at radius 2 is 2.47 bits per heavy atom. The van der Waals surface area contributed by atoms with Gasteiger partial charge in [-0.3, -0.25) is 0 Å². The molecule has 0 radical (unpaired) electrons. The second-order valence-corrected chi connectivity index (χ2v) is 4.35. The molecule has 0 amide bonds. The van der Waals surface area contributed by atoms with Crippen LogP contribution in [0.3, 0.4) is 0 Å². The van der Waals surface area contributed by atoms with Crippen LogP contribution in [-0.2, 0) is 4.74 Å². The molecule has 1 saturated heterocycles. The number of nitrogens with zero attached hydrogens (tertiary/aromatic N) is 2. The van der Waals surface area contributed by atoms with Crippen molar-refractivity contribution in [3.63, 3.8) is 0 Å². The Labute approximate surface area is 100 Å². The van der Waals surface area contributed by atoms with Crippen molar-refractivity contribution in [1.82, 2.24) is 15.5 Å². The maximum absolute atomic E-state index is 9.43. The van der Waals surface area contributed by atoms with E-state index < -0.39 is 0 Å². The van der Waals surface area contributed by atoms with Crippen LogP contribution < -0.4 is 5.32 Å². The second kappa shape index (κ2) is 5.57. The van der Waals surface area contributed by atoms with Crippen molar-refractivity contribution in [2.45, 2.75) is 44.4 Å². The summed E-state index contributed by atoms with van der Waals surface area (Å²) in [5, 5.41) is 16.5. The topological polar surface area (TPSA) is 80.4 Å². The van der Waals surface area contributed by atoms with E-state index in [1.54, 1.807) is 7.11 Å². The van der Waals surface area contributed by atoms with E-state index in [1.165, 1.54) is 0 Å². The molecule has 1 aliphatic rings. The molecule has 1 fully saturated rings. The van der Waals surface area contributed by atoms with Gasteiger partial charge in [0.25, 0.3) is 0 Å². The first-order chi connectivity index (χ1) is 8.24. The summed E-state index contributed by atoms with van der Waals surface area (Å²) >= 11 is 0. The standard InChI is InChI=1S/C11H19N3O3/c1-3-4-9(16-2)10-13-11(17-14-10)8-5-7(15)6-12-8/h7-9,12,15H,3-6H2,1-2H3/t7-,8+,9?/m1/s1. The molecule has 1 aromatic heterocycles. The first-order valence-corrected chi connectivity index (χ1v) is 6.02. The van der Waals surface area contributed by atoms with Crippen LogP contribution >= 0.6 is 0 Å². The van der Waals surface area contributed by atoms with Gasteiger partial charge in [-0.1, -0.05) is 18.5 Å². The van der Waals surface area contributed by atoms with Crippen molar-refractivity contribution < 1.29 is 14.4 Å². The van der Waals surface area contributed by atoms with E-state index >= 15 is 0 Å². The van der Waals surface area contributed by atoms with Gasteiger partial charge in [-0.05, 0) is 12.8 Å². The van der Waals surface area contributed by atoms with E-state index in [1.807, 2.05) is 0 Å². The van der Waals surface area contributed by atoms with Crippen LogP contribution in [0.4, 0.5) is 0 Å². The summed E-state index contributed by atoms with van der Waals surface area (Å²) in [7, 11) is 1.65. The lowest BCUT2D eigenvalue weighted by Crippen LogP contribution is -2.15. The third-order valence-electron chi connectivity index (χ3n) is 2.99. The molecule has 2 rings (SSSR count). The number of nitrogens with one attached hydrogen (secondary N) is 1. The van der Waals surface area contributed by atoms with Gasteiger partial charge in [-0.15, -0.1) is 0 Å².